The maximum absolute atomic E-state index is 12.8. The molecule has 6 heteroatoms. The van der Waals surface area contributed by atoms with Crippen LogP contribution < -0.4 is 5.32 Å². The van der Waals surface area contributed by atoms with Crippen molar-refractivity contribution >= 4 is 23.2 Å². The molecule has 0 radical (unpaired) electrons. The molecule has 3 aromatic rings. The Balaban J connectivity index is 1.79. The standard InChI is InChI=1S/C22H15NO5/c1-11-5-2-3-7-15(11)23-22(28)12-9-14-19(17(25)10-12)21(27)18-13(20(14)26)6-4-8-16(18)24/h2-10,24-25H,1H3,(H,23,28). The number of hydrogen-bond donors (Lipinski definition) is 3. The highest BCUT2D eigenvalue weighted by atomic mass is 16.3. The van der Waals surface area contributed by atoms with Crippen LogP contribution in [0.5, 0.6) is 11.5 Å². The Hall–Kier alpha value is -3.93. The first-order chi connectivity index (χ1) is 13.4. The Kier molecular flexibility index (Phi) is 3.96. The quantitative estimate of drug-likeness (QED) is 0.499. The number of rotatable bonds is 2. The van der Waals surface area contributed by atoms with Gasteiger partial charge in [-0.2, -0.15) is 0 Å². The summed E-state index contributed by atoms with van der Waals surface area (Å²) in [5.74, 6) is -2.54. The summed E-state index contributed by atoms with van der Waals surface area (Å²) in [6, 6.07) is 13.8. The minimum atomic E-state index is -0.661. The molecule has 28 heavy (non-hydrogen) atoms. The normalized spacial score (nSPS) is 12.3. The summed E-state index contributed by atoms with van der Waals surface area (Å²) in [7, 11) is 0. The van der Waals surface area contributed by atoms with Gasteiger partial charge in [0, 0.05) is 22.4 Å². The zero-order chi connectivity index (χ0) is 20.0. The second-order valence-electron chi connectivity index (χ2n) is 6.54. The van der Waals surface area contributed by atoms with E-state index in [9.17, 15) is 24.6 Å². The number of carbonyl (C=O) groups is 3. The van der Waals surface area contributed by atoms with Crippen LogP contribution in [0.25, 0.3) is 0 Å². The summed E-state index contributed by atoms with van der Waals surface area (Å²) in [4.78, 5) is 38.2. The third-order valence-electron chi connectivity index (χ3n) is 4.76. The Morgan fingerprint density at radius 2 is 1.54 bits per heavy atom. The SMILES string of the molecule is Cc1ccccc1NC(=O)c1cc(O)c2c(c1)C(=O)c1cccc(O)c1C2=O. The largest absolute Gasteiger partial charge is 0.507 e. The van der Waals surface area contributed by atoms with E-state index in [2.05, 4.69) is 5.32 Å². The number of nitrogens with one attached hydrogen (secondary N) is 1. The number of amides is 1. The van der Waals surface area contributed by atoms with Crippen LogP contribution >= 0.6 is 0 Å². The highest BCUT2D eigenvalue weighted by molar-refractivity contribution is 6.30. The van der Waals surface area contributed by atoms with E-state index in [1.165, 1.54) is 24.3 Å². The predicted octanol–water partition coefficient (Wildman–Crippen LogP) is 3.43. The van der Waals surface area contributed by atoms with Crippen molar-refractivity contribution in [2.24, 2.45) is 0 Å². The topological polar surface area (TPSA) is 104 Å². The summed E-state index contributed by atoms with van der Waals surface area (Å²) in [5.41, 5.74) is 1.10. The molecule has 138 valence electrons. The molecule has 0 aromatic heterocycles. The number of benzene rings is 3. The molecule has 1 aliphatic rings. The van der Waals surface area contributed by atoms with Crippen LogP contribution in [0.15, 0.2) is 54.6 Å². The number of fused-ring (bicyclic) bond motifs is 2. The van der Waals surface area contributed by atoms with E-state index >= 15 is 0 Å². The second-order valence-corrected chi connectivity index (χ2v) is 6.54. The van der Waals surface area contributed by atoms with Gasteiger partial charge in [-0.3, -0.25) is 14.4 Å². The first-order valence-electron chi connectivity index (χ1n) is 8.54. The van der Waals surface area contributed by atoms with Gasteiger partial charge in [-0.15, -0.1) is 0 Å². The summed E-state index contributed by atoms with van der Waals surface area (Å²) in [6.45, 7) is 1.84. The van der Waals surface area contributed by atoms with E-state index in [-0.39, 0.29) is 33.6 Å². The van der Waals surface area contributed by atoms with E-state index in [0.717, 1.165) is 11.6 Å². The lowest BCUT2D eigenvalue weighted by Crippen LogP contribution is -2.22. The maximum Gasteiger partial charge on any atom is 0.255 e. The van der Waals surface area contributed by atoms with E-state index < -0.39 is 23.2 Å². The van der Waals surface area contributed by atoms with Crippen LogP contribution in [0.3, 0.4) is 0 Å². The van der Waals surface area contributed by atoms with Crippen molar-refractivity contribution in [1.29, 1.82) is 0 Å². The van der Waals surface area contributed by atoms with Crippen LogP contribution in [0, 0.1) is 6.92 Å². The Labute approximate surface area is 160 Å². The number of ketones is 2. The third kappa shape index (κ3) is 2.63. The summed E-state index contributed by atoms with van der Waals surface area (Å²) in [6.07, 6.45) is 0. The lowest BCUT2D eigenvalue weighted by molar-refractivity contribution is 0.0972. The number of aryl methyl sites for hydroxylation is 1. The molecule has 0 unspecified atom stereocenters. The first-order valence-corrected chi connectivity index (χ1v) is 8.54. The van der Waals surface area contributed by atoms with E-state index in [1.807, 2.05) is 19.1 Å². The smallest absolute Gasteiger partial charge is 0.255 e. The Morgan fingerprint density at radius 3 is 2.29 bits per heavy atom. The number of phenolic OH excluding ortho intramolecular Hbond substituents is 2. The number of phenols is 2. The highest BCUT2D eigenvalue weighted by Crippen LogP contribution is 2.37. The molecule has 4 rings (SSSR count). The molecule has 1 aliphatic carbocycles. The minimum Gasteiger partial charge on any atom is -0.507 e. The summed E-state index contributed by atoms with van der Waals surface area (Å²) >= 11 is 0. The van der Waals surface area contributed by atoms with Crippen molar-refractivity contribution in [3.63, 3.8) is 0 Å². The van der Waals surface area contributed by atoms with E-state index in [0.29, 0.717) is 5.69 Å². The van der Waals surface area contributed by atoms with Crippen LogP contribution in [0.2, 0.25) is 0 Å². The van der Waals surface area contributed by atoms with Crippen LogP contribution in [-0.4, -0.2) is 27.7 Å². The molecule has 0 aliphatic heterocycles. The fourth-order valence-electron chi connectivity index (χ4n) is 3.32. The van der Waals surface area contributed by atoms with E-state index in [4.69, 9.17) is 0 Å². The van der Waals surface area contributed by atoms with Crippen molar-refractivity contribution in [2.75, 3.05) is 5.32 Å². The summed E-state index contributed by atoms with van der Waals surface area (Å²) in [5, 5.41) is 23.1. The molecule has 3 N–H and O–H groups in total. The average Bonchev–Trinajstić information content (AvgIpc) is 2.67. The van der Waals surface area contributed by atoms with Gasteiger partial charge in [0.05, 0.1) is 11.1 Å². The van der Waals surface area contributed by atoms with Gasteiger partial charge in [-0.25, -0.2) is 0 Å². The van der Waals surface area contributed by atoms with Gasteiger partial charge in [0.25, 0.3) is 5.91 Å². The van der Waals surface area contributed by atoms with Gasteiger partial charge in [-0.05, 0) is 36.8 Å². The monoisotopic (exact) mass is 373 g/mol. The first kappa shape index (κ1) is 17.5. The van der Waals surface area contributed by atoms with Gasteiger partial charge in [0.1, 0.15) is 11.5 Å². The lowest BCUT2D eigenvalue weighted by Gasteiger charge is -2.20. The van der Waals surface area contributed by atoms with Crippen LogP contribution in [-0.2, 0) is 0 Å². The molecular formula is C22H15NO5. The number of aromatic hydroxyl groups is 2. The van der Waals surface area contributed by atoms with Gasteiger partial charge in [0.2, 0.25) is 5.78 Å². The van der Waals surface area contributed by atoms with Crippen molar-refractivity contribution in [1.82, 2.24) is 0 Å². The molecule has 6 nitrogen and oxygen atoms in total. The molecule has 3 aromatic carbocycles. The number of anilines is 1. The molecule has 1 amide bonds. The van der Waals surface area contributed by atoms with Crippen molar-refractivity contribution in [3.8, 4) is 11.5 Å². The van der Waals surface area contributed by atoms with Gasteiger partial charge in [0.15, 0.2) is 5.78 Å². The van der Waals surface area contributed by atoms with Gasteiger partial charge >= 0.3 is 0 Å². The highest BCUT2D eigenvalue weighted by Gasteiger charge is 2.35. The molecule has 0 spiro atoms. The third-order valence-corrected chi connectivity index (χ3v) is 4.76. The Bertz CT molecular complexity index is 1180. The molecule has 0 fully saturated rings. The van der Waals surface area contributed by atoms with E-state index in [1.54, 1.807) is 12.1 Å². The van der Waals surface area contributed by atoms with Crippen molar-refractivity contribution < 1.29 is 24.6 Å². The fraction of sp³-hybridized carbons (Fsp3) is 0.0455. The maximum atomic E-state index is 12.8. The number of para-hydroxylation sites is 1. The Morgan fingerprint density at radius 1 is 0.821 bits per heavy atom. The van der Waals surface area contributed by atoms with Crippen LogP contribution in [0.4, 0.5) is 5.69 Å². The van der Waals surface area contributed by atoms with Gasteiger partial charge < -0.3 is 15.5 Å². The molecule has 0 saturated carbocycles. The van der Waals surface area contributed by atoms with Gasteiger partial charge in [-0.1, -0.05) is 30.3 Å². The zero-order valence-electron chi connectivity index (χ0n) is 14.8. The summed E-state index contributed by atoms with van der Waals surface area (Å²) < 4.78 is 0. The predicted molar refractivity (Wildman–Crippen MR) is 102 cm³/mol. The molecular weight excluding hydrogens is 358 g/mol. The van der Waals surface area contributed by atoms with Crippen molar-refractivity contribution in [3.05, 3.63) is 88.0 Å². The fourth-order valence-corrected chi connectivity index (χ4v) is 3.32. The average molecular weight is 373 g/mol. The second kappa shape index (κ2) is 6.35. The molecule has 0 bridgehead atoms. The molecule has 0 saturated heterocycles. The van der Waals surface area contributed by atoms with Crippen LogP contribution in [0.1, 0.15) is 47.8 Å². The number of carbonyl (C=O) groups excluding carboxylic acids is 3. The lowest BCUT2D eigenvalue weighted by atomic mass is 9.82. The molecule has 0 atom stereocenters. The number of hydrogen-bond acceptors (Lipinski definition) is 5. The minimum absolute atomic E-state index is 0.0355. The van der Waals surface area contributed by atoms with Crippen molar-refractivity contribution in [2.45, 2.75) is 6.92 Å². The molecule has 0 heterocycles. The zero-order valence-corrected chi connectivity index (χ0v) is 14.8.